The number of hydrogen-bond acceptors (Lipinski definition) is 9. The highest BCUT2D eigenvalue weighted by Crippen LogP contribution is 2.39. The van der Waals surface area contributed by atoms with Crippen LogP contribution in [0.15, 0.2) is 53.1 Å². The van der Waals surface area contributed by atoms with E-state index in [1.54, 1.807) is 0 Å². The van der Waals surface area contributed by atoms with Crippen molar-refractivity contribution < 1.29 is 9.26 Å². The standard InChI is InChI=1S/C26H30N8O2/c1-2-6-18(7-3-1)22-14-20(36-33-22)17-27-26-29-23(28-24-15-21(31-32-24)19-8-9-19)16-25(30-26)35-13-12-34-10-4-5-11-34/h1-3,6-7,14-16,19H,4-5,8-13,17H2,(H3,27,28,29,30,31,32). The fraction of sp³-hybridized carbons (Fsp3) is 0.385. The monoisotopic (exact) mass is 486 g/mol. The zero-order chi connectivity index (χ0) is 24.2. The molecule has 0 unspecified atom stereocenters. The largest absolute Gasteiger partial charge is 0.476 e. The summed E-state index contributed by atoms with van der Waals surface area (Å²) >= 11 is 0. The SMILES string of the molecule is c1ccc(-c2cc(CNc3nc(Nc4cc(C5CC5)n[nH]4)cc(OCCN4CCCC4)n3)on2)cc1. The zero-order valence-electron chi connectivity index (χ0n) is 20.1. The molecule has 4 aromatic rings. The molecule has 10 heteroatoms. The minimum atomic E-state index is 0.395. The maximum absolute atomic E-state index is 6.02. The van der Waals surface area contributed by atoms with Gasteiger partial charge >= 0.3 is 0 Å². The predicted molar refractivity (Wildman–Crippen MR) is 136 cm³/mol. The molecule has 3 N–H and O–H groups in total. The molecule has 1 aliphatic carbocycles. The molecule has 0 bridgehead atoms. The third kappa shape index (κ3) is 5.65. The topological polar surface area (TPSA) is 117 Å². The van der Waals surface area contributed by atoms with Gasteiger partial charge in [0, 0.05) is 36.2 Å². The van der Waals surface area contributed by atoms with Gasteiger partial charge < -0.3 is 19.9 Å². The summed E-state index contributed by atoms with van der Waals surface area (Å²) < 4.78 is 11.5. The quantitative estimate of drug-likeness (QED) is 0.280. The summed E-state index contributed by atoms with van der Waals surface area (Å²) in [6.07, 6.45) is 4.93. The maximum Gasteiger partial charge on any atom is 0.228 e. The van der Waals surface area contributed by atoms with Crippen LogP contribution in [0.5, 0.6) is 5.88 Å². The van der Waals surface area contributed by atoms with Crippen LogP contribution in [-0.4, -0.2) is 56.5 Å². The molecule has 0 spiro atoms. The first-order chi connectivity index (χ1) is 17.8. The van der Waals surface area contributed by atoms with Gasteiger partial charge in [-0.2, -0.15) is 15.1 Å². The lowest BCUT2D eigenvalue weighted by atomic mass is 10.1. The second-order valence-corrected chi connectivity index (χ2v) is 9.32. The lowest BCUT2D eigenvalue weighted by Crippen LogP contribution is -2.25. The molecule has 1 saturated carbocycles. The van der Waals surface area contributed by atoms with Gasteiger partial charge in [0.1, 0.15) is 23.9 Å². The summed E-state index contributed by atoms with van der Waals surface area (Å²) in [6.45, 7) is 4.14. The van der Waals surface area contributed by atoms with Crippen molar-refractivity contribution >= 4 is 17.6 Å². The van der Waals surface area contributed by atoms with Gasteiger partial charge in [-0.15, -0.1) is 0 Å². The smallest absolute Gasteiger partial charge is 0.228 e. The molecule has 1 saturated heterocycles. The summed E-state index contributed by atoms with van der Waals surface area (Å²) in [7, 11) is 0. The fourth-order valence-corrected chi connectivity index (χ4v) is 4.36. The Bertz CT molecular complexity index is 1280. The van der Waals surface area contributed by atoms with Crippen LogP contribution in [0, 0.1) is 0 Å². The minimum absolute atomic E-state index is 0.395. The van der Waals surface area contributed by atoms with E-state index in [1.165, 1.54) is 25.7 Å². The lowest BCUT2D eigenvalue weighted by Gasteiger charge is -2.15. The number of H-pyrrole nitrogens is 1. The van der Waals surface area contributed by atoms with E-state index in [1.807, 2.05) is 48.5 Å². The Kier molecular flexibility index (Phi) is 6.49. The molecular formula is C26H30N8O2. The van der Waals surface area contributed by atoms with Crippen LogP contribution in [0.4, 0.5) is 17.6 Å². The van der Waals surface area contributed by atoms with E-state index in [9.17, 15) is 0 Å². The van der Waals surface area contributed by atoms with Gasteiger partial charge in [0.05, 0.1) is 12.2 Å². The molecule has 0 atom stereocenters. The van der Waals surface area contributed by atoms with E-state index in [-0.39, 0.29) is 0 Å². The first-order valence-electron chi connectivity index (χ1n) is 12.6. The van der Waals surface area contributed by atoms with Crippen molar-refractivity contribution in [3.05, 3.63) is 60.0 Å². The lowest BCUT2D eigenvalue weighted by molar-refractivity contribution is 0.232. The number of aromatic nitrogens is 5. The van der Waals surface area contributed by atoms with Gasteiger partial charge in [-0.3, -0.25) is 10.00 Å². The van der Waals surface area contributed by atoms with Crippen LogP contribution in [0.25, 0.3) is 11.3 Å². The van der Waals surface area contributed by atoms with E-state index in [0.29, 0.717) is 42.5 Å². The first kappa shape index (κ1) is 22.5. The average Bonchev–Trinajstić information content (AvgIpc) is 3.27. The Balaban J connectivity index is 1.14. The highest BCUT2D eigenvalue weighted by atomic mass is 16.5. The average molecular weight is 487 g/mol. The molecule has 0 radical (unpaired) electrons. The van der Waals surface area contributed by atoms with Crippen molar-refractivity contribution in [1.29, 1.82) is 0 Å². The normalized spacial score (nSPS) is 15.8. The highest BCUT2D eigenvalue weighted by molar-refractivity contribution is 5.59. The highest BCUT2D eigenvalue weighted by Gasteiger charge is 2.26. The molecule has 186 valence electrons. The van der Waals surface area contributed by atoms with Crippen LogP contribution in [-0.2, 0) is 6.54 Å². The summed E-state index contributed by atoms with van der Waals surface area (Å²) in [5.41, 5.74) is 2.89. The predicted octanol–water partition coefficient (Wildman–Crippen LogP) is 4.56. The molecule has 0 amide bonds. The van der Waals surface area contributed by atoms with Crippen molar-refractivity contribution in [1.82, 2.24) is 30.2 Å². The Morgan fingerprint density at radius 2 is 1.92 bits per heavy atom. The van der Waals surface area contributed by atoms with Crippen molar-refractivity contribution in [3.63, 3.8) is 0 Å². The van der Waals surface area contributed by atoms with Gasteiger partial charge in [-0.1, -0.05) is 35.5 Å². The number of ether oxygens (including phenoxy) is 1. The number of anilines is 3. The molecule has 36 heavy (non-hydrogen) atoms. The molecule has 2 fully saturated rings. The minimum Gasteiger partial charge on any atom is -0.476 e. The Morgan fingerprint density at radius 1 is 1.06 bits per heavy atom. The summed E-state index contributed by atoms with van der Waals surface area (Å²) in [6, 6.07) is 15.7. The van der Waals surface area contributed by atoms with Crippen molar-refractivity contribution in [2.24, 2.45) is 0 Å². The number of benzene rings is 1. The second-order valence-electron chi connectivity index (χ2n) is 9.32. The molecule has 10 nitrogen and oxygen atoms in total. The molecule has 3 aromatic heterocycles. The van der Waals surface area contributed by atoms with E-state index < -0.39 is 0 Å². The van der Waals surface area contributed by atoms with Gasteiger partial charge in [0.2, 0.25) is 11.8 Å². The van der Waals surface area contributed by atoms with E-state index in [2.05, 4.69) is 40.9 Å². The molecular weight excluding hydrogens is 456 g/mol. The number of aromatic amines is 1. The van der Waals surface area contributed by atoms with Gasteiger partial charge in [0.15, 0.2) is 5.76 Å². The Morgan fingerprint density at radius 3 is 2.75 bits per heavy atom. The first-order valence-corrected chi connectivity index (χ1v) is 12.6. The van der Waals surface area contributed by atoms with Crippen LogP contribution < -0.4 is 15.4 Å². The van der Waals surface area contributed by atoms with Crippen LogP contribution in [0.3, 0.4) is 0 Å². The second kappa shape index (κ2) is 10.4. The third-order valence-corrected chi connectivity index (χ3v) is 6.46. The molecule has 1 aliphatic heterocycles. The number of hydrogen-bond donors (Lipinski definition) is 3. The third-order valence-electron chi connectivity index (χ3n) is 6.46. The zero-order valence-corrected chi connectivity index (χ0v) is 20.1. The Hall–Kier alpha value is -3.92. The number of rotatable bonds is 11. The summed E-state index contributed by atoms with van der Waals surface area (Å²) in [5, 5.41) is 18.2. The molecule has 2 aliphatic rings. The van der Waals surface area contributed by atoms with Gasteiger partial charge in [-0.05, 0) is 38.8 Å². The fourth-order valence-electron chi connectivity index (χ4n) is 4.36. The van der Waals surface area contributed by atoms with Crippen LogP contribution in [0.2, 0.25) is 0 Å². The van der Waals surface area contributed by atoms with E-state index >= 15 is 0 Å². The summed E-state index contributed by atoms with van der Waals surface area (Å²) in [5.74, 6) is 3.64. The van der Waals surface area contributed by atoms with E-state index in [4.69, 9.17) is 9.26 Å². The number of nitrogens with zero attached hydrogens (tertiary/aromatic N) is 5. The van der Waals surface area contributed by atoms with Crippen molar-refractivity contribution in [2.45, 2.75) is 38.1 Å². The Labute approximate surface area is 209 Å². The summed E-state index contributed by atoms with van der Waals surface area (Å²) in [4.78, 5) is 11.6. The maximum atomic E-state index is 6.02. The molecule has 1 aromatic carbocycles. The van der Waals surface area contributed by atoms with Crippen molar-refractivity contribution in [2.75, 3.05) is 36.9 Å². The van der Waals surface area contributed by atoms with Crippen LogP contribution >= 0.6 is 0 Å². The van der Waals surface area contributed by atoms with E-state index in [0.717, 1.165) is 42.4 Å². The van der Waals surface area contributed by atoms with Gasteiger partial charge in [-0.25, -0.2) is 0 Å². The number of likely N-dealkylation sites (tertiary alicyclic amines) is 1. The van der Waals surface area contributed by atoms with Gasteiger partial charge in [0.25, 0.3) is 0 Å². The number of nitrogens with one attached hydrogen (secondary N) is 3. The molecule has 6 rings (SSSR count). The van der Waals surface area contributed by atoms with Crippen LogP contribution in [0.1, 0.15) is 43.1 Å². The van der Waals surface area contributed by atoms with Crippen molar-refractivity contribution in [3.8, 4) is 17.1 Å². The molecule has 4 heterocycles.